The van der Waals surface area contributed by atoms with Crippen LogP contribution in [0.2, 0.25) is 20.1 Å². The number of halogens is 4. The monoisotopic (exact) mass is 376 g/mol. The summed E-state index contributed by atoms with van der Waals surface area (Å²) in [6.45, 7) is 0. The van der Waals surface area contributed by atoms with E-state index in [1.54, 1.807) is 36.4 Å². The molecule has 0 amide bonds. The van der Waals surface area contributed by atoms with Crippen LogP contribution in [0.25, 0.3) is 0 Å². The molecule has 2 nitrogen and oxygen atoms in total. The summed E-state index contributed by atoms with van der Waals surface area (Å²) in [5, 5.41) is 11.0. The summed E-state index contributed by atoms with van der Waals surface area (Å²) in [6.07, 6.45) is 0.523. The lowest BCUT2D eigenvalue weighted by Gasteiger charge is -2.15. The van der Waals surface area contributed by atoms with Crippen molar-refractivity contribution in [3.8, 4) is 0 Å². The van der Waals surface area contributed by atoms with Gasteiger partial charge >= 0.3 is 5.97 Å². The van der Waals surface area contributed by atoms with Crippen LogP contribution in [0.5, 0.6) is 0 Å². The van der Waals surface area contributed by atoms with E-state index in [1.165, 1.54) is 0 Å². The minimum absolute atomic E-state index is 0.261. The zero-order valence-electron chi connectivity index (χ0n) is 11.3. The van der Waals surface area contributed by atoms with Crippen molar-refractivity contribution in [2.75, 3.05) is 0 Å². The molecule has 0 aliphatic rings. The van der Waals surface area contributed by atoms with E-state index in [4.69, 9.17) is 46.4 Å². The highest BCUT2D eigenvalue weighted by Crippen LogP contribution is 2.31. The molecule has 22 heavy (non-hydrogen) atoms. The number of benzene rings is 2. The minimum Gasteiger partial charge on any atom is -0.481 e. The van der Waals surface area contributed by atoms with E-state index in [0.29, 0.717) is 31.2 Å². The Hall–Kier alpha value is -0.930. The summed E-state index contributed by atoms with van der Waals surface area (Å²) in [5.41, 5.74) is 1.39. The van der Waals surface area contributed by atoms with Crippen LogP contribution in [0.15, 0.2) is 36.4 Å². The van der Waals surface area contributed by atoms with Gasteiger partial charge in [0.05, 0.1) is 26.0 Å². The summed E-state index contributed by atoms with van der Waals surface area (Å²) < 4.78 is 0. The molecular weight excluding hydrogens is 366 g/mol. The molecule has 6 heteroatoms. The highest BCUT2D eigenvalue weighted by Gasteiger charge is 2.22. The SMILES string of the molecule is O=C(O)C(Cc1cccc(Cl)c1Cl)Cc1cccc(Cl)c1Cl. The van der Waals surface area contributed by atoms with Gasteiger partial charge in [0.15, 0.2) is 0 Å². The second-order valence-electron chi connectivity index (χ2n) is 4.87. The van der Waals surface area contributed by atoms with E-state index in [0.717, 1.165) is 0 Å². The van der Waals surface area contributed by atoms with Gasteiger partial charge in [-0.25, -0.2) is 0 Å². The smallest absolute Gasteiger partial charge is 0.307 e. The van der Waals surface area contributed by atoms with E-state index in [-0.39, 0.29) is 12.8 Å². The Morgan fingerprint density at radius 1 is 0.864 bits per heavy atom. The molecule has 2 aromatic rings. The Labute approximate surface area is 148 Å². The average Bonchev–Trinajstić information content (AvgIpc) is 2.47. The third kappa shape index (κ3) is 4.08. The highest BCUT2D eigenvalue weighted by molar-refractivity contribution is 6.43. The van der Waals surface area contributed by atoms with Gasteiger partial charge in [0.2, 0.25) is 0 Å². The second kappa shape index (κ2) is 7.56. The maximum absolute atomic E-state index is 11.5. The average molecular weight is 378 g/mol. The van der Waals surface area contributed by atoms with Crippen LogP contribution >= 0.6 is 46.4 Å². The number of hydrogen-bond donors (Lipinski definition) is 1. The van der Waals surface area contributed by atoms with Crippen molar-refractivity contribution in [1.29, 1.82) is 0 Å². The van der Waals surface area contributed by atoms with Gasteiger partial charge in [-0.05, 0) is 36.1 Å². The molecule has 0 fully saturated rings. The van der Waals surface area contributed by atoms with Crippen molar-refractivity contribution in [1.82, 2.24) is 0 Å². The van der Waals surface area contributed by atoms with Crippen molar-refractivity contribution >= 4 is 52.4 Å². The molecule has 0 atom stereocenters. The van der Waals surface area contributed by atoms with Crippen LogP contribution in [-0.2, 0) is 17.6 Å². The highest BCUT2D eigenvalue weighted by atomic mass is 35.5. The van der Waals surface area contributed by atoms with Crippen molar-refractivity contribution in [2.24, 2.45) is 5.92 Å². The number of aliphatic carboxylic acids is 1. The first-order valence-corrected chi connectivity index (χ1v) is 8.00. The normalized spacial score (nSPS) is 11.0. The molecule has 0 saturated carbocycles. The van der Waals surface area contributed by atoms with Gasteiger partial charge in [0, 0.05) is 0 Å². The van der Waals surface area contributed by atoms with Gasteiger partial charge in [-0.1, -0.05) is 70.7 Å². The molecule has 2 aromatic carbocycles. The number of carbonyl (C=O) groups is 1. The van der Waals surface area contributed by atoms with Gasteiger partial charge in [0.25, 0.3) is 0 Å². The number of carboxylic acids is 1. The first-order valence-electron chi connectivity index (χ1n) is 6.48. The van der Waals surface area contributed by atoms with Gasteiger partial charge in [-0.2, -0.15) is 0 Å². The van der Waals surface area contributed by atoms with E-state index in [9.17, 15) is 9.90 Å². The number of hydrogen-bond acceptors (Lipinski definition) is 1. The molecule has 0 unspecified atom stereocenters. The molecular formula is C16H12Cl4O2. The van der Waals surface area contributed by atoms with Gasteiger partial charge in [-0.15, -0.1) is 0 Å². The summed E-state index contributed by atoms with van der Waals surface area (Å²) >= 11 is 24.2. The Morgan fingerprint density at radius 3 is 1.64 bits per heavy atom. The largest absolute Gasteiger partial charge is 0.481 e. The van der Waals surface area contributed by atoms with Crippen LogP contribution in [0.1, 0.15) is 11.1 Å². The van der Waals surface area contributed by atoms with E-state index < -0.39 is 11.9 Å². The standard InChI is InChI=1S/C16H12Cl4O2/c17-12-5-1-3-9(14(12)19)7-11(16(21)22)8-10-4-2-6-13(18)15(10)20/h1-6,11H,7-8H2,(H,21,22). The first kappa shape index (κ1) is 17.4. The quantitative estimate of drug-likeness (QED) is 0.716. The van der Waals surface area contributed by atoms with Gasteiger partial charge in [0.1, 0.15) is 0 Å². The Bertz CT molecular complexity index is 647. The number of rotatable bonds is 5. The van der Waals surface area contributed by atoms with Crippen LogP contribution in [-0.4, -0.2) is 11.1 Å². The fourth-order valence-corrected chi connectivity index (χ4v) is 2.98. The van der Waals surface area contributed by atoms with Crippen LogP contribution in [0, 0.1) is 5.92 Å². The van der Waals surface area contributed by atoms with Crippen molar-refractivity contribution in [3.05, 3.63) is 67.6 Å². The lowest BCUT2D eigenvalue weighted by Crippen LogP contribution is -2.19. The second-order valence-corrected chi connectivity index (χ2v) is 6.44. The summed E-state index contributed by atoms with van der Waals surface area (Å²) in [5.74, 6) is -1.60. The van der Waals surface area contributed by atoms with Crippen molar-refractivity contribution in [2.45, 2.75) is 12.8 Å². The van der Waals surface area contributed by atoms with Crippen molar-refractivity contribution < 1.29 is 9.90 Å². The van der Waals surface area contributed by atoms with Crippen LogP contribution in [0.4, 0.5) is 0 Å². The van der Waals surface area contributed by atoms with Crippen LogP contribution < -0.4 is 0 Å². The van der Waals surface area contributed by atoms with Crippen molar-refractivity contribution in [3.63, 3.8) is 0 Å². The van der Waals surface area contributed by atoms with Gasteiger partial charge in [-0.3, -0.25) is 4.79 Å². The Balaban J connectivity index is 2.26. The van der Waals surface area contributed by atoms with E-state index >= 15 is 0 Å². The summed E-state index contributed by atoms with van der Waals surface area (Å²) in [6, 6.07) is 10.4. The lowest BCUT2D eigenvalue weighted by atomic mass is 9.92. The molecule has 2 rings (SSSR count). The summed E-state index contributed by atoms with van der Waals surface area (Å²) in [7, 11) is 0. The van der Waals surface area contributed by atoms with Gasteiger partial charge < -0.3 is 5.11 Å². The Morgan fingerprint density at radius 2 is 1.27 bits per heavy atom. The third-order valence-electron chi connectivity index (χ3n) is 3.35. The topological polar surface area (TPSA) is 37.3 Å². The predicted octanol–water partition coefficient (Wildman–Crippen LogP) is 5.79. The molecule has 0 aromatic heterocycles. The Kier molecular flexibility index (Phi) is 5.99. The zero-order chi connectivity index (χ0) is 16.3. The molecule has 0 saturated heterocycles. The predicted molar refractivity (Wildman–Crippen MR) is 91.5 cm³/mol. The third-order valence-corrected chi connectivity index (χ3v) is 5.06. The molecule has 116 valence electrons. The molecule has 0 aliphatic heterocycles. The molecule has 0 heterocycles. The van der Waals surface area contributed by atoms with E-state index in [1.807, 2.05) is 0 Å². The molecule has 1 N–H and O–H groups in total. The van der Waals surface area contributed by atoms with E-state index in [2.05, 4.69) is 0 Å². The molecule has 0 radical (unpaired) electrons. The summed E-state index contributed by atoms with van der Waals surface area (Å²) in [4.78, 5) is 11.5. The lowest BCUT2D eigenvalue weighted by molar-refractivity contribution is -0.141. The van der Waals surface area contributed by atoms with Crippen LogP contribution in [0.3, 0.4) is 0 Å². The fourth-order valence-electron chi connectivity index (χ4n) is 2.19. The fraction of sp³-hybridized carbons (Fsp3) is 0.188. The zero-order valence-corrected chi connectivity index (χ0v) is 14.3. The number of carboxylic acid groups (broad SMARTS) is 1. The maximum atomic E-state index is 11.5. The maximum Gasteiger partial charge on any atom is 0.307 e. The molecule has 0 bridgehead atoms. The minimum atomic E-state index is -0.924. The molecule has 0 spiro atoms. The molecule has 0 aliphatic carbocycles. The first-order chi connectivity index (χ1) is 10.4.